The maximum Gasteiger partial charge on any atom is 0.244 e. The number of hydrogen-bond donors (Lipinski definition) is 3. The summed E-state index contributed by atoms with van der Waals surface area (Å²) >= 11 is 0. The average molecular weight is 448 g/mol. The fourth-order valence-corrected chi connectivity index (χ4v) is 8.83. The van der Waals surface area contributed by atoms with E-state index in [0.29, 0.717) is 31.0 Å². The van der Waals surface area contributed by atoms with E-state index in [0.717, 1.165) is 37.7 Å². The number of rotatable bonds is 4. The second kappa shape index (κ2) is 6.93. The standard InChI is InChI=1S/C23H33N3O4S/c1-14-4-5-18(10-19(14)24)31(29,30)26-7-3-6-22(26,2)21(27)25-20-16-8-15-9-17(20)13-23(28,11-15)12-16/h4-5,10,15-17,20,28H,3,6-9,11-13,24H2,1-2H3,(H,25,27)/t15?,16?,17?,20?,22-,23?/m1/s1. The van der Waals surface area contributed by atoms with Gasteiger partial charge in [-0.2, -0.15) is 4.31 Å². The number of nitrogens with zero attached hydrogens (tertiary/aromatic N) is 1. The van der Waals surface area contributed by atoms with E-state index in [2.05, 4.69) is 5.32 Å². The first-order valence-corrected chi connectivity index (χ1v) is 12.9. The molecule has 1 amide bonds. The maximum atomic E-state index is 13.5. The summed E-state index contributed by atoms with van der Waals surface area (Å²) in [5, 5.41) is 14.1. The van der Waals surface area contributed by atoms with Crippen molar-refractivity contribution >= 4 is 21.6 Å². The third-order valence-corrected chi connectivity index (χ3v) is 10.5. The minimum Gasteiger partial charge on any atom is -0.398 e. The van der Waals surface area contributed by atoms with E-state index in [1.54, 1.807) is 19.1 Å². The van der Waals surface area contributed by atoms with Gasteiger partial charge in [0, 0.05) is 18.3 Å². The summed E-state index contributed by atoms with van der Waals surface area (Å²) in [6, 6.07) is 4.78. The molecule has 4 N–H and O–H groups in total. The lowest BCUT2D eigenvalue weighted by molar-refractivity contribution is -0.150. The van der Waals surface area contributed by atoms with Crippen molar-refractivity contribution in [3.63, 3.8) is 0 Å². The lowest BCUT2D eigenvalue weighted by Gasteiger charge is -2.58. The molecule has 1 aliphatic heterocycles. The highest BCUT2D eigenvalue weighted by Crippen LogP contribution is 2.55. The molecule has 0 aromatic heterocycles. The van der Waals surface area contributed by atoms with E-state index in [-0.39, 0.29) is 28.7 Å². The number of benzene rings is 1. The summed E-state index contributed by atoms with van der Waals surface area (Å²) in [5.41, 5.74) is 5.53. The number of carbonyl (C=O) groups is 1. The Morgan fingerprint density at radius 3 is 2.52 bits per heavy atom. The number of sulfonamides is 1. The number of aliphatic hydroxyl groups is 1. The van der Waals surface area contributed by atoms with E-state index in [9.17, 15) is 18.3 Å². The molecule has 3 atom stereocenters. The van der Waals surface area contributed by atoms with E-state index in [1.807, 2.05) is 6.92 Å². The van der Waals surface area contributed by atoms with Gasteiger partial charge in [0.25, 0.3) is 0 Å². The normalized spacial score (nSPS) is 39.7. The van der Waals surface area contributed by atoms with Crippen molar-refractivity contribution in [3.8, 4) is 0 Å². The summed E-state index contributed by atoms with van der Waals surface area (Å²) in [6.45, 7) is 3.90. The summed E-state index contributed by atoms with van der Waals surface area (Å²) in [5.74, 6) is 0.916. The van der Waals surface area contributed by atoms with Crippen LogP contribution in [0.25, 0.3) is 0 Å². The first-order chi connectivity index (χ1) is 14.5. The van der Waals surface area contributed by atoms with Crippen LogP contribution in [0.4, 0.5) is 5.69 Å². The van der Waals surface area contributed by atoms with Gasteiger partial charge in [0.05, 0.1) is 10.5 Å². The summed E-state index contributed by atoms with van der Waals surface area (Å²) in [4.78, 5) is 13.7. The lowest BCUT2D eigenvalue weighted by Crippen LogP contribution is -2.65. The van der Waals surface area contributed by atoms with Gasteiger partial charge in [0.15, 0.2) is 0 Å². The molecular weight excluding hydrogens is 414 g/mol. The van der Waals surface area contributed by atoms with Crippen LogP contribution < -0.4 is 11.1 Å². The van der Waals surface area contributed by atoms with Crippen LogP contribution in [0.3, 0.4) is 0 Å². The summed E-state index contributed by atoms with van der Waals surface area (Å²) < 4.78 is 28.3. The zero-order chi connectivity index (χ0) is 22.2. The van der Waals surface area contributed by atoms with Crippen molar-refractivity contribution in [1.82, 2.24) is 9.62 Å². The Labute approximate surface area is 184 Å². The van der Waals surface area contributed by atoms with E-state index in [4.69, 9.17) is 5.73 Å². The van der Waals surface area contributed by atoms with Crippen molar-refractivity contribution < 1.29 is 18.3 Å². The van der Waals surface area contributed by atoms with Crippen LogP contribution in [0.5, 0.6) is 0 Å². The Bertz CT molecular complexity index is 1010. The Balaban J connectivity index is 1.39. The maximum absolute atomic E-state index is 13.5. The molecule has 7 nitrogen and oxygen atoms in total. The van der Waals surface area contributed by atoms with Crippen LogP contribution in [0, 0.1) is 24.7 Å². The monoisotopic (exact) mass is 447 g/mol. The zero-order valence-corrected chi connectivity index (χ0v) is 19.1. The highest BCUT2D eigenvalue weighted by molar-refractivity contribution is 7.89. The Morgan fingerprint density at radius 2 is 1.90 bits per heavy atom. The molecule has 2 unspecified atom stereocenters. The fraction of sp³-hybridized carbons (Fsp3) is 0.696. The molecule has 5 aliphatic rings. The quantitative estimate of drug-likeness (QED) is 0.613. The van der Waals surface area contributed by atoms with Gasteiger partial charge in [-0.25, -0.2) is 8.42 Å². The zero-order valence-electron chi connectivity index (χ0n) is 18.3. The second-order valence-corrected chi connectivity index (χ2v) is 12.5. The van der Waals surface area contributed by atoms with E-state index in [1.165, 1.54) is 10.4 Å². The molecular formula is C23H33N3O4S. The topological polar surface area (TPSA) is 113 Å². The van der Waals surface area contributed by atoms with Crippen LogP contribution in [-0.4, -0.2) is 47.5 Å². The molecule has 1 heterocycles. The molecule has 0 spiro atoms. The van der Waals surface area contributed by atoms with Gasteiger partial charge < -0.3 is 16.2 Å². The third kappa shape index (κ3) is 3.29. The second-order valence-electron chi connectivity index (χ2n) is 10.7. The minimum atomic E-state index is -3.85. The number of nitrogen functional groups attached to an aromatic ring is 1. The van der Waals surface area contributed by atoms with Gasteiger partial charge in [-0.3, -0.25) is 4.79 Å². The van der Waals surface area contributed by atoms with Gasteiger partial charge in [0.2, 0.25) is 15.9 Å². The van der Waals surface area contributed by atoms with Crippen LogP contribution in [0.1, 0.15) is 57.4 Å². The smallest absolute Gasteiger partial charge is 0.244 e. The van der Waals surface area contributed by atoms with Gasteiger partial charge in [0.1, 0.15) is 5.54 Å². The number of carbonyl (C=O) groups excluding carboxylic acids is 1. The van der Waals surface area contributed by atoms with Crippen LogP contribution in [-0.2, 0) is 14.8 Å². The largest absolute Gasteiger partial charge is 0.398 e. The van der Waals surface area contributed by atoms with Crippen molar-refractivity contribution in [2.24, 2.45) is 17.8 Å². The highest BCUT2D eigenvalue weighted by Gasteiger charge is 2.57. The number of anilines is 1. The number of nitrogens with one attached hydrogen (secondary N) is 1. The Hall–Kier alpha value is -1.64. The molecule has 4 aliphatic carbocycles. The summed E-state index contributed by atoms with van der Waals surface area (Å²) in [7, 11) is -3.85. The molecule has 0 radical (unpaired) electrons. The SMILES string of the molecule is Cc1ccc(S(=O)(=O)N2CCC[C@]2(C)C(=O)NC2C3CC4CC2CC(O)(C4)C3)cc1N. The van der Waals surface area contributed by atoms with E-state index < -0.39 is 21.2 Å². The molecule has 5 fully saturated rings. The third-order valence-electron chi connectivity index (χ3n) is 8.44. The predicted octanol–water partition coefficient (Wildman–Crippen LogP) is 2.18. The molecule has 1 aromatic rings. The molecule has 31 heavy (non-hydrogen) atoms. The number of nitrogens with two attached hydrogens (primary N) is 1. The summed E-state index contributed by atoms with van der Waals surface area (Å²) in [6.07, 6.45) is 5.61. The van der Waals surface area contributed by atoms with Gasteiger partial charge in [-0.05, 0) is 94.2 Å². The number of hydrogen-bond acceptors (Lipinski definition) is 5. The fourth-order valence-electron chi connectivity index (χ4n) is 6.98. The number of amides is 1. The Kier molecular flexibility index (Phi) is 4.74. The first kappa shape index (κ1) is 21.2. The van der Waals surface area contributed by atoms with Crippen molar-refractivity contribution in [2.75, 3.05) is 12.3 Å². The molecule has 4 bridgehead atoms. The van der Waals surface area contributed by atoms with Crippen LogP contribution in [0.15, 0.2) is 23.1 Å². The predicted molar refractivity (Wildman–Crippen MR) is 118 cm³/mol. The number of aryl methyl sites for hydroxylation is 1. The lowest BCUT2D eigenvalue weighted by atomic mass is 9.52. The molecule has 1 aromatic carbocycles. The minimum absolute atomic E-state index is 0.0290. The van der Waals surface area contributed by atoms with Crippen molar-refractivity contribution in [1.29, 1.82) is 0 Å². The van der Waals surface area contributed by atoms with Crippen LogP contribution in [0.2, 0.25) is 0 Å². The van der Waals surface area contributed by atoms with Crippen LogP contribution >= 0.6 is 0 Å². The van der Waals surface area contributed by atoms with Crippen molar-refractivity contribution in [2.45, 2.75) is 80.9 Å². The molecule has 6 rings (SSSR count). The Morgan fingerprint density at radius 1 is 1.23 bits per heavy atom. The molecule has 170 valence electrons. The molecule has 1 saturated heterocycles. The average Bonchev–Trinajstić information content (AvgIpc) is 3.09. The molecule has 4 saturated carbocycles. The van der Waals surface area contributed by atoms with Gasteiger partial charge >= 0.3 is 0 Å². The van der Waals surface area contributed by atoms with Gasteiger partial charge in [-0.15, -0.1) is 0 Å². The van der Waals surface area contributed by atoms with Crippen molar-refractivity contribution in [3.05, 3.63) is 23.8 Å². The first-order valence-electron chi connectivity index (χ1n) is 11.4. The van der Waals surface area contributed by atoms with Gasteiger partial charge in [-0.1, -0.05) is 6.07 Å². The molecule has 8 heteroatoms. The van der Waals surface area contributed by atoms with E-state index >= 15 is 0 Å². The highest BCUT2D eigenvalue weighted by atomic mass is 32.2.